The molecule has 1 amide bonds. The molecule has 2 aromatic rings. The lowest BCUT2D eigenvalue weighted by atomic mass is 9.79. The molecular weight excluding hydrogens is 394 g/mol. The van der Waals surface area contributed by atoms with E-state index in [1.165, 1.54) is 32.5 Å². The Morgan fingerprint density at radius 3 is 2.62 bits per heavy atom. The van der Waals surface area contributed by atoms with Crippen molar-refractivity contribution in [3.8, 4) is 5.88 Å². The Balaban J connectivity index is 1.92. The molecule has 154 valence electrons. The lowest BCUT2D eigenvalue weighted by Gasteiger charge is -2.31. The normalized spacial score (nSPS) is 21.6. The average Bonchev–Trinajstić information content (AvgIpc) is 2.99. The van der Waals surface area contributed by atoms with Crippen molar-refractivity contribution in [1.29, 1.82) is 0 Å². The molecule has 7 nitrogen and oxygen atoms in total. The van der Waals surface area contributed by atoms with Crippen LogP contribution in [0.5, 0.6) is 5.88 Å². The zero-order valence-corrected chi connectivity index (χ0v) is 15.4. The Morgan fingerprint density at radius 1 is 1.31 bits per heavy atom. The smallest absolute Gasteiger partial charge is 0.394 e. The number of carbonyl (C=O) groups excluding carboxylic acids is 1. The second kappa shape index (κ2) is 7.30. The molecular formula is C18H17F4N5O2. The third kappa shape index (κ3) is 3.98. The molecule has 0 fully saturated rings. The van der Waals surface area contributed by atoms with Crippen LogP contribution >= 0.6 is 0 Å². The number of amidine groups is 1. The van der Waals surface area contributed by atoms with Crippen molar-refractivity contribution in [3.05, 3.63) is 47.7 Å². The first-order valence-corrected chi connectivity index (χ1v) is 8.43. The third-order valence-corrected chi connectivity index (χ3v) is 4.70. The molecule has 1 aromatic carbocycles. The van der Waals surface area contributed by atoms with Crippen LogP contribution in [-0.2, 0) is 5.54 Å². The van der Waals surface area contributed by atoms with Gasteiger partial charge in [0.25, 0.3) is 5.91 Å². The number of nitrogens with two attached hydrogens (primary N) is 1. The van der Waals surface area contributed by atoms with Crippen molar-refractivity contribution < 1.29 is 27.1 Å². The van der Waals surface area contributed by atoms with Gasteiger partial charge in [0.1, 0.15) is 11.5 Å². The molecule has 1 aromatic heterocycles. The lowest BCUT2D eigenvalue weighted by Crippen LogP contribution is -2.38. The van der Waals surface area contributed by atoms with Crippen LogP contribution in [0.25, 0.3) is 0 Å². The largest absolute Gasteiger partial charge is 0.480 e. The molecule has 2 atom stereocenters. The zero-order chi connectivity index (χ0) is 21.4. The summed E-state index contributed by atoms with van der Waals surface area (Å²) in [5.41, 5.74) is 3.28. The summed E-state index contributed by atoms with van der Waals surface area (Å²) in [6.45, 7) is 1.17. The number of carbonyl (C=O) groups is 1. The molecule has 11 heteroatoms. The number of aromatic nitrogens is 2. The number of methoxy groups -OCH3 is 1. The van der Waals surface area contributed by atoms with Crippen molar-refractivity contribution in [3.63, 3.8) is 0 Å². The van der Waals surface area contributed by atoms with Crippen LogP contribution in [0.1, 0.15) is 29.4 Å². The summed E-state index contributed by atoms with van der Waals surface area (Å²) in [5, 5.41) is 2.46. The van der Waals surface area contributed by atoms with E-state index in [0.29, 0.717) is 0 Å². The van der Waals surface area contributed by atoms with Crippen LogP contribution in [-0.4, -0.2) is 35.0 Å². The third-order valence-electron chi connectivity index (χ3n) is 4.70. The average molecular weight is 411 g/mol. The van der Waals surface area contributed by atoms with Crippen LogP contribution in [0.2, 0.25) is 0 Å². The number of benzene rings is 1. The van der Waals surface area contributed by atoms with Crippen LogP contribution < -0.4 is 15.8 Å². The van der Waals surface area contributed by atoms with Gasteiger partial charge in [0, 0.05) is 17.7 Å². The zero-order valence-electron chi connectivity index (χ0n) is 15.4. The molecule has 0 saturated carbocycles. The van der Waals surface area contributed by atoms with Crippen molar-refractivity contribution in [2.75, 3.05) is 12.4 Å². The predicted molar refractivity (Wildman–Crippen MR) is 96.1 cm³/mol. The van der Waals surface area contributed by atoms with Gasteiger partial charge in [-0.3, -0.25) is 9.79 Å². The number of nitrogens with one attached hydrogen (secondary N) is 1. The molecule has 3 N–H and O–H groups in total. The van der Waals surface area contributed by atoms with Gasteiger partial charge in [0.2, 0.25) is 5.88 Å². The summed E-state index contributed by atoms with van der Waals surface area (Å²) >= 11 is 0. The minimum atomic E-state index is -4.64. The topological polar surface area (TPSA) is 102 Å². The van der Waals surface area contributed by atoms with Crippen molar-refractivity contribution >= 4 is 17.4 Å². The van der Waals surface area contributed by atoms with E-state index in [0.717, 1.165) is 12.1 Å². The molecule has 0 unspecified atom stereocenters. The fourth-order valence-electron chi connectivity index (χ4n) is 3.24. The van der Waals surface area contributed by atoms with E-state index in [1.807, 2.05) is 0 Å². The van der Waals surface area contributed by atoms with E-state index in [1.54, 1.807) is 0 Å². The van der Waals surface area contributed by atoms with Gasteiger partial charge < -0.3 is 15.8 Å². The summed E-state index contributed by atoms with van der Waals surface area (Å²) in [4.78, 5) is 23.9. The number of amides is 1. The highest BCUT2D eigenvalue weighted by Gasteiger charge is 2.56. The number of aliphatic imine (C=N–C) groups is 1. The maximum Gasteiger partial charge on any atom is 0.394 e. The summed E-state index contributed by atoms with van der Waals surface area (Å²) in [7, 11) is 1.39. The molecule has 0 spiro atoms. The van der Waals surface area contributed by atoms with Gasteiger partial charge in [0.15, 0.2) is 0 Å². The molecule has 0 radical (unpaired) electrons. The first-order valence-electron chi connectivity index (χ1n) is 8.43. The van der Waals surface area contributed by atoms with E-state index < -0.39 is 35.8 Å². The SMILES string of the molecule is COc1cnc(C(=O)Nc2ccc(F)c([C@]3(C)N=C(N)C[C@@H]3C(F)(F)F)c2)cn1. The maximum atomic E-state index is 14.5. The Bertz CT molecular complexity index is 962. The highest BCUT2D eigenvalue weighted by Crippen LogP contribution is 2.49. The summed E-state index contributed by atoms with van der Waals surface area (Å²) in [6, 6.07) is 3.31. The number of rotatable bonds is 4. The van der Waals surface area contributed by atoms with Gasteiger partial charge in [0.05, 0.1) is 36.8 Å². The van der Waals surface area contributed by atoms with Gasteiger partial charge in [-0.05, 0) is 25.1 Å². The first kappa shape index (κ1) is 20.5. The molecule has 1 aliphatic rings. The second-order valence-corrected chi connectivity index (χ2v) is 6.64. The van der Waals surface area contributed by atoms with Gasteiger partial charge in [-0.1, -0.05) is 0 Å². The first-order chi connectivity index (χ1) is 13.5. The minimum Gasteiger partial charge on any atom is -0.480 e. The molecule has 29 heavy (non-hydrogen) atoms. The Morgan fingerprint density at radius 2 is 2.03 bits per heavy atom. The van der Waals surface area contributed by atoms with E-state index in [9.17, 15) is 22.4 Å². The van der Waals surface area contributed by atoms with E-state index in [2.05, 4.69) is 20.3 Å². The summed E-state index contributed by atoms with van der Waals surface area (Å²) in [6.07, 6.45) is -2.77. The van der Waals surface area contributed by atoms with Crippen molar-refractivity contribution in [1.82, 2.24) is 9.97 Å². The minimum absolute atomic E-state index is 0.0563. The predicted octanol–water partition coefficient (Wildman–Crippen LogP) is 3.03. The molecule has 0 bridgehead atoms. The van der Waals surface area contributed by atoms with Gasteiger partial charge in [-0.15, -0.1) is 0 Å². The highest BCUT2D eigenvalue weighted by atomic mass is 19.4. The van der Waals surface area contributed by atoms with E-state index >= 15 is 0 Å². The lowest BCUT2D eigenvalue weighted by molar-refractivity contribution is -0.187. The van der Waals surface area contributed by atoms with Crippen molar-refractivity contribution in [2.24, 2.45) is 16.6 Å². The molecule has 3 rings (SSSR count). The molecule has 0 saturated heterocycles. The van der Waals surface area contributed by atoms with Crippen molar-refractivity contribution in [2.45, 2.75) is 25.1 Å². The Kier molecular flexibility index (Phi) is 5.16. The molecule has 1 aliphatic heterocycles. The fraction of sp³-hybridized carbons (Fsp3) is 0.333. The number of anilines is 1. The fourth-order valence-corrected chi connectivity index (χ4v) is 3.24. The van der Waals surface area contributed by atoms with Crippen LogP contribution in [0.15, 0.2) is 35.6 Å². The monoisotopic (exact) mass is 411 g/mol. The number of ether oxygens (including phenoxy) is 1. The molecule has 2 heterocycles. The van der Waals surface area contributed by atoms with Gasteiger partial charge >= 0.3 is 6.18 Å². The van der Waals surface area contributed by atoms with Crippen LogP contribution in [0, 0.1) is 11.7 Å². The van der Waals surface area contributed by atoms with Gasteiger partial charge in [-0.25, -0.2) is 14.4 Å². The Hall–Kier alpha value is -3.24. The summed E-state index contributed by atoms with van der Waals surface area (Å²) < 4.78 is 59.8. The number of nitrogens with zero attached hydrogens (tertiary/aromatic N) is 3. The summed E-state index contributed by atoms with van der Waals surface area (Å²) in [5.74, 6) is -3.55. The highest BCUT2D eigenvalue weighted by molar-refractivity contribution is 6.02. The van der Waals surface area contributed by atoms with E-state index in [-0.39, 0.29) is 28.7 Å². The Labute approximate surface area is 163 Å². The second-order valence-electron chi connectivity index (χ2n) is 6.64. The number of alkyl halides is 3. The van der Waals surface area contributed by atoms with Crippen LogP contribution in [0.4, 0.5) is 23.2 Å². The van der Waals surface area contributed by atoms with E-state index in [4.69, 9.17) is 10.5 Å². The maximum absolute atomic E-state index is 14.5. The number of hydrogen-bond acceptors (Lipinski definition) is 6. The van der Waals surface area contributed by atoms with Crippen LogP contribution in [0.3, 0.4) is 0 Å². The standard InChI is InChI=1S/C18H17F4N5O2/c1-17(13(18(20,21)22)6-14(23)27-17)10-5-9(3-4-11(10)19)26-16(28)12-7-25-15(29-2)8-24-12/h3-5,7-8,13H,6H2,1-2H3,(H2,23,27)(H,26,28)/t13-,17-/m0/s1. The van der Waals surface area contributed by atoms with Gasteiger partial charge in [-0.2, -0.15) is 13.2 Å². The number of halogens is 4. The number of hydrogen-bond donors (Lipinski definition) is 2. The quantitative estimate of drug-likeness (QED) is 0.753. The molecule has 0 aliphatic carbocycles.